The van der Waals surface area contributed by atoms with Gasteiger partial charge in [0.1, 0.15) is 12.2 Å². The van der Waals surface area contributed by atoms with Crippen molar-refractivity contribution in [1.82, 2.24) is 20.1 Å². The Morgan fingerprint density at radius 3 is 3.05 bits per heavy atom. The van der Waals surface area contributed by atoms with E-state index in [-0.39, 0.29) is 6.03 Å². The van der Waals surface area contributed by atoms with Crippen LogP contribution in [0.5, 0.6) is 0 Å². The highest BCUT2D eigenvalue weighted by molar-refractivity contribution is 7.97. The third-order valence-electron chi connectivity index (χ3n) is 3.15. The highest BCUT2D eigenvalue weighted by atomic mass is 32.2. The van der Waals surface area contributed by atoms with Gasteiger partial charge in [0.05, 0.1) is 0 Å². The molecule has 2 amide bonds. The second kappa shape index (κ2) is 8.43. The molecule has 118 valence electrons. The van der Waals surface area contributed by atoms with Gasteiger partial charge in [0.15, 0.2) is 0 Å². The average Bonchev–Trinajstić information content (AvgIpc) is 2.95. The summed E-state index contributed by atoms with van der Waals surface area (Å²) < 4.78 is 1.94. The first kappa shape index (κ1) is 16.4. The molecule has 0 aliphatic heterocycles. The quantitative estimate of drug-likeness (QED) is 0.822. The molecular formula is C15H21N5OS. The summed E-state index contributed by atoms with van der Waals surface area (Å²) in [4.78, 5) is 11.9. The molecule has 0 saturated heterocycles. The largest absolute Gasteiger partial charge is 0.336 e. The normalized spacial score (nSPS) is 10.5. The molecule has 0 aliphatic rings. The molecule has 2 N–H and O–H groups in total. The molecule has 0 bridgehead atoms. The van der Waals surface area contributed by atoms with Crippen molar-refractivity contribution in [2.75, 3.05) is 18.1 Å². The molecule has 0 aliphatic carbocycles. The number of amides is 2. The predicted octanol–water partition coefficient (Wildman–Crippen LogP) is 2.53. The number of anilines is 1. The molecular weight excluding hydrogens is 298 g/mol. The van der Waals surface area contributed by atoms with Gasteiger partial charge in [-0.3, -0.25) is 0 Å². The lowest BCUT2D eigenvalue weighted by Gasteiger charge is -2.10. The summed E-state index contributed by atoms with van der Waals surface area (Å²) in [6.45, 7) is 3.22. The first-order valence-corrected chi connectivity index (χ1v) is 8.61. The summed E-state index contributed by atoms with van der Waals surface area (Å²) >= 11 is 1.76. The zero-order valence-electron chi connectivity index (χ0n) is 12.9. The van der Waals surface area contributed by atoms with Crippen LogP contribution in [0.25, 0.3) is 0 Å². The lowest BCUT2D eigenvalue weighted by molar-refractivity contribution is 0.251. The zero-order valence-corrected chi connectivity index (χ0v) is 13.7. The van der Waals surface area contributed by atoms with E-state index < -0.39 is 0 Å². The van der Waals surface area contributed by atoms with Crippen molar-refractivity contribution in [3.8, 4) is 0 Å². The number of carbonyl (C=O) groups excluding carboxylic acids is 1. The number of hydrogen-bond acceptors (Lipinski definition) is 4. The Hall–Kier alpha value is -2.02. The Kier molecular flexibility index (Phi) is 6.27. The number of aromatic nitrogens is 3. The highest BCUT2D eigenvalue weighted by Crippen LogP contribution is 2.14. The molecule has 0 unspecified atom stereocenters. The van der Waals surface area contributed by atoms with Crippen molar-refractivity contribution >= 4 is 23.5 Å². The number of aryl methyl sites for hydroxylation is 1. The van der Waals surface area contributed by atoms with Crippen LogP contribution in [0.2, 0.25) is 0 Å². The van der Waals surface area contributed by atoms with Gasteiger partial charge in [-0.15, -0.1) is 10.2 Å². The van der Waals surface area contributed by atoms with Gasteiger partial charge in [0.2, 0.25) is 0 Å². The molecule has 6 nitrogen and oxygen atoms in total. The fourth-order valence-corrected chi connectivity index (χ4v) is 2.62. The average molecular weight is 319 g/mol. The third kappa shape index (κ3) is 4.77. The van der Waals surface area contributed by atoms with Crippen LogP contribution in [0.15, 0.2) is 30.6 Å². The minimum Gasteiger partial charge on any atom is -0.336 e. The monoisotopic (exact) mass is 319 g/mol. The van der Waals surface area contributed by atoms with E-state index in [9.17, 15) is 4.79 Å². The van der Waals surface area contributed by atoms with Gasteiger partial charge in [0.25, 0.3) is 0 Å². The maximum Gasteiger partial charge on any atom is 0.319 e. The van der Waals surface area contributed by atoms with E-state index in [0.717, 1.165) is 23.7 Å². The van der Waals surface area contributed by atoms with E-state index in [2.05, 4.69) is 33.2 Å². The smallest absolute Gasteiger partial charge is 0.319 e. The van der Waals surface area contributed by atoms with Crippen molar-refractivity contribution in [3.05, 3.63) is 42.0 Å². The molecule has 0 fully saturated rings. The number of urea groups is 1. The number of thioether (sulfide) groups is 1. The molecule has 0 atom stereocenters. The second-order valence-corrected chi connectivity index (χ2v) is 5.67. The van der Waals surface area contributed by atoms with Gasteiger partial charge in [-0.05, 0) is 24.0 Å². The lowest BCUT2D eigenvalue weighted by atomic mass is 10.2. The Balaban J connectivity index is 1.79. The van der Waals surface area contributed by atoms with E-state index in [1.165, 1.54) is 5.56 Å². The van der Waals surface area contributed by atoms with Gasteiger partial charge in [-0.1, -0.05) is 19.1 Å². The summed E-state index contributed by atoms with van der Waals surface area (Å²) in [7, 11) is 0. The van der Waals surface area contributed by atoms with Crippen molar-refractivity contribution in [2.24, 2.45) is 0 Å². The topological polar surface area (TPSA) is 71.8 Å². The summed E-state index contributed by atoms with van der Waals surface area (Å²) in [5, 5.41) is 13.6. The van der Waals surface area contributed by atoms with E-state index in [1.807, 2.05) is 29.7 Å². The molecule has 0 spiro atoms. The minimum atomic E-state index is -0.201. The first-order valence-electron chi connectivity index (χ1n) is 7.22. The molecule has 1 heterocycles. The summed E-state index contributed by atoms with van der Waals surface area (Å²) in [6, 6.07) is 7.68. The van der Waals surface area contributed by atoms with Crippen LogP contribution in [0.3, 0.4) is 0 Å². The summed E-state index contributed by atoms with van der Waals surface area (Å²) in [6.07, 6.45) is 4.57. The molecule has 1 aromatic carbocycles. The van der Waals surface area contributed by atoms with Crippen molar-refractivity contribution in [3.63, 3.8) is 0 Å². The molecule has 0 radical (unpaired) electrons. The van der Waals surface area contributed by atoms with Crippen LogP contribution in [-0.4, -0.2) is 33.6 Å². The van der Waals surface area contributed by atoms with E-state index in [1.54, 1.807) is 18.1 Å². The van der Waals surface area contributed by atoms with E-state index >= 15 is 0 Å². The molecule has 7 heteroatoms. The zero-order chi connectivity index (χ0) is 15.8. The third-order valence-corrected chi connectivity index (χ3v) is 3.77. The number of rotatable bonds is 7. The minimum absolute atomic E-state index is 0.201. The standard InChI is InChI=1S/C15H21N5OS/c1-3-14-19-17-11-20(14)8-7-16-15(21)18-13-6-4-5-12(9-13)10-22-2/h4-6,9,11H,3,7-8,10H2,1-2H3,(H2,16,18,21). The van der Waals surface area contributed by atoms with Crippen molar-refractivity contribution in [2.45, 2.75) is 25.6 Å². The Labute approximate surface area is 134 Å². The second-order valence-electron chi connectivity index (χ2n) is 4.81. The summed E-state index contributed by atoms with van der Waals surface area (Å²) in [5.74, 6) is 1.86. The molecule has 1 aromatic heterocycles. The lowest BCUT2D eigenvalue weighted by Crippen LogP contribution is -2.31. The molecule has 2 rings (SSSR count). The molecule has 2 aromatic rings. The number of nitrogens with one attached hydrogen (secondary N) is 2. The fourth-order valence-electron chi connectivity index (χ4n) is 2.11. The van der Waals surface area contributed by atoms with Crippen molar-refractivity contribution < 1.29 is 4.79 Å². The molecule has 0 saturated carbocycles. The van der Waals surface area contributed by atoms with Crippen molar-refractivity contribution in [1.29, 1.82) is 0 Å². The number of hydrogen-bond donors (Lipinski definition) is 2. The predicted molar refractivity (Wildman–Crippen MR) is 90.1 cm³/mol. The van der Waals surface area contributed by atoms with Crippen LogP contribution < -0.4 is 10.6 Å². The van der Waals surface area contributed by atoms with Crippen LogP contribution in [0, 0.1) is 0 Å². The van der Waals surface area contributed by atoms with E-state index in [0.29, 0.717) is 13.1 Å². The Morgan fingerprint density at radius 1 is 1.41 bits per heavy atom. The number of carbonyl (C=O) groups is 1. The van der Waals surface area contributed by atoms with Gasteiger partial charge >= 0.3 is 6.03 Å². The van der Waals surface area contributed by atoms with Gasteiger partial charge in [-0.25, -0.2) is 4.79 Å². The van der Waals surface area contributed by atoms with Gasteiger partial charge in [-0.2, -0.15) is 11.8 Å². The Bertz CT molecular complexity index is 613. The van der Waals surface area contributed by atoms with Gasteiger partial charge in [0, 0.05) is 31.0 Å². The number of nitrogens with zero attached hydrogens (tertiary/aromatic N) is 3. The summed E-state index contributed by atoms with van der Waals surface area (Å²) in [5.41, 5.74) is 2.00. The van der Waals surface area contributed by atoms with Gasteiger partial charge < -0.3 is 15.2 Å². The van der Waals surface area contributed by atoms with E-state index in [4.69, 9.17) is 0 Å². The SMILES string of the molecule is CCc1nncn1CCNC(=O)Nc1cccc(CSC)c1. The van der Waals surface area contributed by atoms with Crippen LogP contribution in [0.1, 0.15) is 18.3 Å². The van der Waals surface area contributed by atoms with Crippen LogP contribution in [-0.2, 0) is 18.7 Å². The van der Waals surface area contributed by atoms with Crippen LogP contribution >= 0.6 is 11.8 Å². The Morgan fingerprint density at radius 2 is 2.27 bits per heavy atom. The maximum absolute atomic E-state index is 11.9. The maximum atomic E-state index is 11.9. The number of benzene rings is 1. The fraction of sp³-hybridized carbons (Fsp3) is 0.400. The molecule has 22 heavy (non-hydrogen) atoms. The first-order chi connectivity index (χ1) is 10.7. The van der Waals surface area contributed by atoms with Crippen LogP contribution in [0.4, 0.5) is 10.5 Å². The highest BCUT2D eigenvalue weighted by Gasteiger charge is 2.04.